The molecule has 0 aliphatic rings. The zero-order valence-electron chi connectivity index (χ0n) is 9.16. The maximum atomic E-state index is 13.0. The molecule has 0 atom stereocenters. The van der Waals surface area contributed by atoms with E-state index in [1.807, 2.05) is 7.05 Å². The van der Waals surface area contributed by atoms with Crippen LogP contribution in [0.15, 0.2) is 18.2 Å². The van der Waals surface area contributed by atoms with Gasteiger partial charge in [0.2, 0.25) is 0 Å². The molecule has 0 saturated carbocycles. The lowest BCUT2D eigenvalue weighted by Gasteiger charge is -2.17. The third-order valence-corrected chi connectivity index (χ3v) is 2.81. The molecule has 0 aromatic heterocycles. The minimum atomic E-state index is -0.225. The van der Waals surface area contributed by atoms with Gasteiger partial charge in [0.15, 0.2) is 0 Å². The summed E-state index contributed by atoms with van der Waals surface area (Å²) in [6.07, 6.45) is 2.07. The van der Waals surface area contributed by atoms with Crippen molar-refractivity contribution >= 4 is 17.4 Å². The molecule has 2 nitrogen and oxygen atoms in total. The van der Waals surface area contributed by atoms with Gasteiger partial charge >= 0.3 is 0 Å². The summed E-state index contributed by atoms with van der Waals surface area (Å²) in [6, 6.07) is 4.51. The van der Waals surface area contributed by atoms with Crippen molar-refractivity contribution in [2.24, 2.45) is 0 Å². The first-order chi connectivity index (χ1) is 7.13. The van der Waals surface area contributed by atoms with Crippen molar-refractivity contribution in [2.75, 3.05) is 31.3 Å². The summed E-state index contributed by atoms with van der Waals surface area (Å²) >= 11 is 1.80. The molecule has 2 N–H and O–H groups in total. The summed E-state index contributed by atoms with van der Waals surface area (Å²) in [5.41, 5.74) is 7.29. The van der Waals surface area contributed by atoms with Gasteiger partial charge in [0.05, 0.1) is 0 Å². The number of thioether (sulfide) groups is 1. The highest BCUT2D eigenvalue weighted by molar-refractivity contribution is 7.98. The van der Waals surface area contributed by atoms with Gasteiger partial charge < -0.3 is 10.6 Å². The van der Waals surface area contributed by atoms with E-state index in [-0.39, 0.29) is 5.82 Å². The Labute approximate surface area is 94.6 Å². The predicted molar refractivity (Wildman–Crippen MR) is 65.5 cm³/mol. The summed E-state index contributed by atoms with van der Waals surface area (Å²) < 4.78 is 13.0. The fourth-order valence-corrected chi connectivity index (χ4v) is 1.82. The summed E-state index contributed by atoms with van der Waals surface area (Å²) in [5.74, 6) is 0.851. The van der Waals surface area contributed by atoms with Crippen LogP contribution in [-0.4, -0.2) is 30.5 Å². The van der Waals surface area contributed by atoms with Gasteiger partial charge in [-0.15, -0.1) is 0 Å². The number of hydrogen-bond donors (Lipinski definition) is 1. The van der Waals surface area contributed by atoms with Crippen molar-refractivity contribution < 1.29 is 4.39 Å². The average molecular weight is 228 g/mol. The van der Waals surface area contributed by atoms with E-state index in [9.17, 15) is 4.39 Å². The zero-order chi connectivity index (χ0) is 11.3. The van der Waals surface area contributed by atoms with Gasteiger partial charge in [-0.3, -0.25) is 0 Å². The first kappa shape index (κ1) is 12.3. The molecule has 15 heavy (non-hydrogen) atoms. The topological polar surface area (TPSA) is 29.3 Å². The Bertz CT molecular complexity index is 317. The lowest BCUT2D eigenvalue weighted by Crippen LogP contribution is -2.21. The van der Waals surface area contributed by atoms with Crippen molar-refractivity contribution in [3.05, 3.63) is 29.6 Å². The summed E-state index contributed by atoms with van der Waals surface area (Å²) in [6.45, 7) is 1.68. The molecule has 0 saturated heterocycles. The zero-order valence-corrected chi connectivity index (χ0v) is 9.98. The van der Waals surface area contributed by atoms with E-state index in [1.165, 1.54) is 12.1 Å². The first-order valence-corrected chi connectivity index (χ1v) is 6.24. The maximum absolute atomic E-state index is 13.0. The van der Waals surface area contributed by atoms with Gasteiger partial charge in [-0.2, -0.15) is 11.8 Å². The first-order valence-electron chi connectivity index (χ1n) is 4.85. The Balaban J connectivity index is 2.59. The van der Waals surface area contributed by atoms with Crippen LogP contribution in [0.5, 0.6) is 0 Å². The molecule has 1 aromatic rings. The summed E-state index contributed by atoms with van der Waals surface area (Å²) in [5, 5.41) is 0. The van der Waals surface area contributed by atoms with E-state index in [4.69, 9.17) is 5.73 Å². The lowest BCUT2D eigenvalue weighted by molar-refractivity contribution is 0.348. The highest BCUT2D eigenvalue weighted by Crippen LogP contribution is 2.15. The van der Waals surface area contributed by atoms with Crippen molar-refractivity contribution in [3.63, 3.8) is 0 Å². The normalized spacial score (nSPS) is 10.9. The molecule has 4 heteroatoms. The number of nitrogens with two attached hydrogens (primary N) is 1. The van der Waals surface area contributed by atoms with Crippen LogP contribution in [0, 0.1) is 5.82 Å². The molecule has 1 aromatic carbocycles. The number of anilines is 1. The highest BCUT2D eigenvalue weighted by atomic mass is 32.2. The van der Waals surface area contributed by atoms with E-state index < -0.39 is 0 Å². The third-order valence-electron chi connectivity index (χ3n) is 2.22. The maximum Gasteiger partial charge on any atom is 0.123 e. The van der Waals surface area contributed by atoms with Gasteiger partial charge in [-0.05, 0) is 37.1 Å². The Morgan fingerprint density at radius 3 is 2.87 bits per heavy atom. The van der Waals surface area contributed by atoms with Crippen molar-refractivity contribution in [1.29, 1.82) is 0 Å². The molecule has 0 heterocycles. The van der Waals surface area contributed by atoms with Crippen LogP contribution in [0.25, 0.3) is 0 Å². The number of halogens is 1. The van der Waals surface area contributed by atoms with Crippen LogP contribution in [-0.2, 0) is 6.54 Å². The van der Waals surface area contributed by atoms with Crippen LogP contribution in [0.4, 0.5) is 10.1 Å². The van der Waals surface area contributed by atoms with E-state index in [0.717, 1.165) is 17.9 Å². The molecular weight excluding hydrogens is 211 g/mol. The molecule has 84 valence electrons. The lowest BCUT2D eigenvalue weighted by atomic mass is 10.1. The molecule has 0 amide bonds. The summed E-state index contributed by atoms with van der Waals surface area (Å²) in [4.78, 5) is 2.14. The average Bonchev–Trinajstić information content (AvgIpc) is 2.20. The standard InChI is InChI=1S/C11H17FN2S/c1-14(5-6-15-2)8-9-7-10(12)3-4-11(9)13/h3-4,7H,5-6,8,13H2,1-2H3. The minimum Gasteiger partial charge on any atom is -0.398 e. The molecular formula is C11H17FN2S. The minimum absolute atomic E-state index is 0.225. The molecule has 0 bridgehead atoms. The summed E-state index contributed by atoms with van der Waals surface area (Å²) in [7, 11) is 2.01. The Hall–Kier alpha value is -0.740. The Kier molecular flexibility index (Phi) is 4.91. The van der Waals surface area contributed by atoms with E-state index in [1.54, 1.807) is 17.8 Å². The molecule has 0 aliphatic heterocycles. The number of rotatable bonds is 5. The molecule has 0 aliphatic carbocycles. The SMILES string of the molecule is CSCCN(C)Cc1cc(F)ccc1N. The third kappa shape index (κ3) is 4.10. The van der Waals surface area contributed by atoms with Crippen LogP contribution < -0.4 is 5.73 Å². The number of nitrogen functional groups attached to an aromatic ring is 1. The van der Waals surface area contributed by atoms with Crippen LogP contribution in [0.3, 0.4) is 0 Å². The van der Waals surface area contributed by atoms with Gasteiger partial charge in [-0.25, -0.2) is 4.39 Å². The quantitative estimate of drug-likeness (QED) is 0.783. The molecule has 1 rings (SSSR count). The van der Waals surface area contributed by atoms with Crippen LogP contribution >= 0.6 is 11.8 Å². The number of nitrogens with zero attached hydrogens (tertiary/aromatic N) is 1. The second-order valence-corrected chi connectivity index (χ2v) is 4.56. The van der Waals surface area contributed by atoms with Crippen LogP contribution in [0.2, 0.25) is 0 Å². The van der Waals surface area contributed by atoms with Crippen LogP contribution in [0.1, 0.15) is 5.56 Å². The van der Waals surface area contributed by atoms with E-state index in [0.29, 0.717) is 12.2 Å². The number of hydrogen-bond acceptors (Lipinski definition) is 3. The fourth-order valence-electron chi connectivity index (χ4n) is 1.33. The molecule has 0 unspecified atom stereocenters. The van der Waals surface area contributed by atoms with Gasteiger partial charge in [0, 0.05) is 24.5 Å². The predicted octanol–water partition coefficient (Wildman–Crippen LogP) is 2.20. The molecule has 0 radical (unpaired) electrons. The second kappa shape index (κ2) is 5.98. The van der Waals surface area contributed by atoms with Crippen molar-refractivity contribution in [3.8, 4) is 0 Å². The highest BCUT2D eigenvalue weighted by Gasteiger charge is 2.04. The van der Waals surface area contributed by atoms with E-state index in [2.05, 4.69) is 11.2 Å². The van der Waals surface area contributed by atoms with E-state index >= 15 is 0 Å². The van der Waals surface area contributed by atoms with Gasteiger partial charge in [0.25, 0.3) is 0 Å². The Morgan fingerprint density at radius 2 is 2.20 bits per heavy atom. The van der Waals surface area contributed by atoms with Crippen molar-refractivity contribution in [1.82, 2.24) is 4.90 Å². The molecule has 0 fully saturated rings. The largest absolute Gasteiger partial charge is 0.398 e. The van der Waals surface area contributed by atoms with Crippen molar-refractivity contribution in [2.45, 2.75) is 6.54 Å². The second-order valence-electron chi connectivity index (χ2n) is 3.57. The monoisotopic (exact) mass is 228 g/mol. The fraction of sp³-hybridized carbons (Fsp3) is 0.455. The Morgan fingerprint density at radius 1 is 1.47 bits per heavy atom. The smallest absolute Gasteiger partial charge is 0.123 e. The molecule has 0 spiro atoms. The van der Waals surface area contributed by atoms with Gasteiger partial charge in [0.1, 0.15) is 5.82 Å². The number of benzene rings is 1. The van der Waals surface area contributed by atoms with Gasteiger partial charge in [-0.1, -0.05) is 0 Å².